The molecule has 2 saturated carbocycles. The van der Waals surface area contributed by atoms with Gasteiger partial charge in [-0.15, -0.1) is 0 Å². The molecule has 2 heterocycles. The van der Waals surface area contributed by atoms with E-state index in [1.807, 2.05) is 0 Å². The van der Waals surface area contributed by atoms with Gasteiger partial charge in [0.1, 0.15) is 0 Å². The van der Waals surface area contributed by atoms with Gasteiger partial charge in [-0.2, -0.15) is 11.3 Å². The molecule has 4 rings (SSSR count). The molecule has 0 spiro atoms. The zero-order valence-corrected chi connectivity index (χ0v) is 19.5. The Labute approximate surface area is 199 Å². The van der Waals surface area contributed by atoms with Crippen LogP contribution < -0.4 is 51.4 Å². The number of hydrogen-bond donors (Lipinski definition) is 0. The van der Waals surface area contributed by atoms with Gasteiger partial charge in [-0.25, -0.2) is 4.98 Å². The number of Topliss-reactive ketones (excluding diaryl/α,β-unsaturated/α-hetero) is 1. The van der Waals surface area contributed by atoms with E-state index in [9.17, 15) is 9.59 Å². The molecule has 0 aromatic carbocycles. The van der Waals surface area contributed by atoms with Crippen molar-refractivity contribution < 1.29 is 75.5 Å². The van der Waals surface area contributed by atoms with Crippen molar-refractivity contribution in [3.8, 4) is 0 Å². The molecule has 2 fully saturated rings. The van der Waals surface area contributed by atoms with Crippen molar-refractivity contribution in [1.29, 1.82) is 0 Å². The fourth-order valence-electron chi connectivity index (χ4n) is 3.15. The molecule has 0 radical (unpaired) electrons. The number of carbonyl (C=O) groups is 1. The maximum atomic E-state index is 10.9. The van der Waals surface area contributed by atoms with Gasteiger partial charge in [-0.1, -0.05) is 38.0 Å². The summed E-state index contributed by atoms with van der Waals surface area (Å²) >= 11 is 0. The quantitative estimate of drug-likeness (QED) is 0.371. The van der Waals surface area contributed by atoms with Crippen molar-refractivity contribution in [2.24, 2.45) is 23.7 Å². The smallest absolute Gasteiger partial charge is 0.870 e. The summed E-state index contributed by atoms with van der Waals surface area (Å²) in [7, 11) is 0. The SMILES string of the molecule is CC(=O)c1noc(C2[C@@H](C)[C@H]2C)n1.C[C@@H]1C(c2nc([C-]=O)no2)[C@@H]1C.[K+].[OH-]. The van der Waals surface area contributed by atoms with Crippen LogP contribution >= 0.6 is 0 Å². The fourth-order valence-corrected chi connectivity index (χ4v) is 3.15. The molecule has 0 aliphatic heterocycles. The predicted molar refractivity (Wildman–Crippen MR) is 87.5 cm³/mol. The molecular weight excluding hydrogens is 379 g/mol. The van der Waals surface area contributed by atoms with E-state index in [0.717, 1.165) is 0 Å². The Morgan fingerprint density at radius 3 is 1.67 bits per heavy atom. The Bertz CT molecular complexity index is 776. The summed E-state index contributed by atoms with van der Waals surface area (Å²) in [5.41, 5.74) is 0. The van der Waals surface area contributed by atoms with Gasteiger partial charge in [0.05, 0.1) is 5.82 Å². The van der Waals surface area contributed by atoms with E-state index >= 15 is 0 Å². The molecule has 0 saturated heterocycles. The van der Waals surface area contributed by atoms with E-state index in [4.69, 9.17) is 9.05 Å². The molecule has 0 amide bonds. The molecule has 142 valence electrons. The van der Waals surface area contributed by atoms with Gasteiger partial charge >= 0.3 is 51.4 Å². The van der Waals surface area contributed by atoms with Crippen LogP contribution in [-0.4, -0.2) is 37.8 Å². The van der Waals surface area contributed by atoms with Crippen LogP contribution in [0.3, 0.4) is 0 Å². The Kier molecular flexibility index (Phi) is 8.64. The number of rotatable bonds is 4. The number of carbonyl (C=O) groups excluding carboxylic acids is 2. The van der Waals surface area contributed by atoms with E-state index in [1.54, 1.807) is 6.29 Å². The molecule has 2 aromatic rings. The predicted octanol–water partition coefficient (Wildman–Crippen LogP) is -0.634. The van der Waals surface area contributed by atoms with E-state index in [0.29, 0.717) is 47.3 Å². The zero-order chi connectivity index (χ0) is 18.3. The maximum absolute atomic E-state index is 10.9. The molecule has 1 N–H and O–H groups in total. The average molecular weight is 401 g/mol. The number of aromatic nitrogens is 4. The first-order valence-electron chi connectivity index (χ1n) is 8.41. The van der Waals surface area contributed by atoms with Crippen molar-refractivity contribution >= 4 is 12.1 Å². The molecule has 0 bridgehead atoms. The van der Waals surface area contributed by atoms with E-state index in [1.165, 1.54) is 6.92 Å². The van der Waals surface area contributed by atoms with Crippen molar-refractivity contribution in [3.63, 3.8) is 0 Å². The molecule has 2 unspecified atom stereocenters. The third-order valence-electron chi connectivity index (χ3n) is 5.50. The minimum absolute atomic E-state index is 0. The van der Waals surface area contributed by atoms with E-state index < -0.39 is 0 Å². The van der Waals surface area contributed by atoms with Crippen LogP contribution in [0.25, 0.3) is 0 Å². The Morgan fingerprint density at radius 2 is 1.33 bits per heavy atom. The molecule has 10 heteroatoms. The van der Waals surface area contributed by atoms with Gasteiger partial charge in [0.25, 0.3) is 0 Å². The topological polar surface area (TPSA) is 142 Å². The molecule has 27 heavy (non-hydrogen) atoms. The van der Waals surface area contributed by atoms with Crippen molar-refractivity contribution in [3.05, 3.63) is 23.4 Å². The maximum Gasteiger partial charge on any atom is 1.00 e. The Hall–Kier alpha value is -0.784. The average Bonchev–Trinajstić information content (AvgIpc) is 3.20. The largest absolute Gasteiger partial charge is 1.00 e. The molecule has 6 atom stereocenters. The minimum atomic E-state index is -0.143. The summed E-state index contributed by atoms with van der Waals surface area (Å²) < 4.78 is 9.91. The third-order valence-corrected chi connectivity index (χ3v) is 5.50. The van der Waals surface area contributed by atoms with Crippen LogP contribution in [0, 0.1) is 23.7 Å². The van der Waals surface area contributed by atoms with Gasteiger partial charge in [-0.05, 0) is 23.7 Å². The van der Waals surface area contributed by atoms with E-state index in [-0.39, 0.29) is 74.3 Å². The van der Waals surface area contributed by atoms with Crippen molar-refractivity contribution in [2.75, 3.05) is 0 Å². The minimum Gasteiger partial charge on any atom is -0.870 e. The number of nitrogens with zero attached hydrogens (tertiary/aromatic N) is 4. The molecular formula is C17H22KN4O5-. The summed E-state index contributed by atoms with van der Waals surface area (Å²) in [5, 5.41) is 7.07. The monoisotopic (exact) mass is 401 g/mol. The van der Waals surface area contributed by atoms with Gasteiger partial charge in [-0.3, -0.25) is 4.79 Å². The molecule has 2 aromatic heterocycles. The third kappa shape index (κ3) is 5.18. The van der Waals surface area contributed by atoms with Crippen molar-refractivity contribution in [1.82, 2.24) is 20.3 Å². The first kappa shape index (κ1) is 24.3. The standard InChI is InChI=1S/C9H12N2O2.C8H9N2O2.K.H2O/c1-4-5(2)7(4)9-10-8(6(3)12)11-13-9;1-4-5(2)7(4)8-9-6(3-11)10-12-8;;/h4-5,7H,1-3H3;4-5,7H,1-2H3;;1H2/q;-1;+1;/p-1/t2*4-,5+,7?;;. The second kappa shape index (κ2) is 9.62. The van der Waals surface area contributed by atoms with Crippen LogP contribution in [0.5, 0.6) is 0 Å². The molecule has 9 nitrogen and oxygen atoms in total. The van der Waals surface area contributed by atoms with Gasteiger partial charge in [0.15, 0.2) is 0 Å². The number of ketones is 1. The Morgan fingerprint density at radius 1 is 0.889 bits per heavy atom. The summed E-state index contributed by atoms with van der Waals surface area (Å²) in [4.78, 5) is 28.9. The second-order valence-corrected chi connectivity index (χ2v) is 7.06. The fraction of sp³-hybridized carbons (Fsp3) is 0.647. The van der Waals surface area contributed by atoms with Crippen LogP contribution in [0.2, 0.25) is 0 Å². The van der Waals surface area contributed by atoms with Crippen molar-refractivity contribution in [2.45, 2.75) is 46.5 Å². The first-order chi connectivity index (χ1) is 11.8. The Balaban J connectivity index is 0.000000252. The van der Waals surface area contributed by atoms with Gasteiger partial charge < -0.3 is 19.3 Å². The second-order valence-electron chi connectivity index (χ2n) is 7.06. The van der Waals surface area contributed by atoms with Gasteiger partial charge in [0.2, 0.25) is 23.4 Å². The zero-order valence-electron chi connectivity index (χ0n) is 16.3. The van der Waals surface area contributed by atoms with Crippen LogP contribution in [-0.2, 0) is 4.79 Å². The summed E-state index contributed by atoms with van der Waals surface area (Å²) in [6.45, 7) is 9.99. The summed E-state index contributed by atoms with van der Waals surface area (Å²) in [6.07, 6.45) is 1.59. The summed E-state index contributed by atoms with van der Waals surface area (Å²) in [5.74, 6) is 4.35. The molecule has 2 aliphatic carbocycles. The number of hydrogen-bond acceptors (Lipinski definition) is 9. The first-order valence-corrected chi connectivity index (χ1v) is 8.41. The van der Waals surface area contributed by atoms with Crippen LogP contribution in [0.1, 0.15) is 74.7 Å². The molecule has 2 aliphatic rings. The van der Waals surface area contributed by atoms with Gasteiger partial charge in [0, 0.05) is 18.8 Å². The van der Waals surface area contributed by atoms with E-state index in [2.05, 4.69) is 48.0 Å². The van der Waals surface area contributed by atoms with Crippen LogP contribution in [0.15, 0.2) is 9.05 Å². The summed E-state index contributed by atoms with van der Waals surface area (Å²) in [6, 6.07) is 0. The normalized spacial score (nSPS) is 30.1. The van der Waals surface area contributed by atoms with Crippen LogP contribution in [0.4, 0.5) is 0 Å².